The van der Waals surface area contributed by atoms with E-state index in [9.17, 15) is 22.8 Å². The molecule has 0 spiro atoms. The summed E-state index contributed by atoms with van der Waals surface area (Å²) in [6, 6.07) is 9.85. The molecular weight excluding hydrogens is 437 g/mol. The van der Waals surface area contributed by atoms with Crippen molar-refractivity contribution in [3.63, 3.8) is 0 Å². The van der Waals surface area contributed by atoms with E-state index in [-0.39, 0.29) is 5.56 Å². The van der Waals surface area contributed by atoms with E-state index >= 15 is 0 Å². The average molecular weight is 462 g/mol. The van der Waals surface area contributed by atoms with Crippen molar-refractivity contribution in [2.45, 2.75) is 45.4 Å². The number of nitrogens with two attached hydrogens (primary N) is 1. The second kappa shape index (κ2) is 9.56. The van der Waals surface area contributed by atoms with Crippen LogP contribution in [-0.4, -0.2) is 29.9 Å². The first-order valence-corrected chi connectivity index (χ1v) is 10.5. The number of ether oxygens (including phenoxy) is 2. The Morgan fingerprint density at radius 3 is 2.27 bits per heavy atom. The number of fused-ring (bicyclic) bond motifs is 1. The number of unbranched alkanes of at least 4 members (excludes halogenated alkanes) is 1. The standard InChI is InChI=1S/C24H25F3N2O4/c1-4-5-6-18(22(28)30)21-14(2)29(20-12-11-17(32-3)13-19(20)21)23(31)15-7-9-16(10-8-15)33-24(25,26)27/h7-13,18H,4-6H2,1-3H3,(H2,28,30). The molecule has 6 nitrogen and oxygen atoms in total. The van der Waals surface area contributed by atoms with Gasteiger partial charge in [0, 0.05) is 16.6 Å². The highest BCUT2D eigenvalue weighted by Gasteiger charge is 2.31. The van der Waals surface area contributed by atoms with Crippen LogP contribution in [0.5, 0.6) is 11.5 Å². The van der Waals surface area contributed by atoms with E-state index in [1.807, 2.05) is 6.92 Å². The molecule has 1 unspecified atom stereocenters. The third-order valence-electron chi connectivity index (χ3n) is 5.54. The number of aromatic nitrogens is 1. The first-order valence-electron chi connectivity index (χ1n) is 10.5. The number of halogens is 3. The van der Waals surface area contributed by atoms with Crippen molar-refractivity contribution < 1.29 is 32.2 Å². The molecule has 176 valence electrons. The fourth-order valence-corrected chi connectivity index (χ4v) is 4.02. The van der Waals surface area contributed by atoms with Crippen LogP contribution in [0.15, 0.2) is 42.5 Å². The van der Waals surface area contributed by atoms with Crippen molar-refractivity contribution in [2.75, 3.05) is 7.11 Å². The van der Waals surface area contributed by atoms with E-state index in [0.717, 1.165) is 25.0 Å². The van der Waals surface area contributed by atoms with Crippen LogP contribution in [0.2, 0.25) is 0 Å². The number of nitrogens with zero attached hydrogens (tertiary/aromatic N) is 1. The molecule has 0 bridgehead atoms. The second-order valence-electron chi connectivity index (χ2n) is 7.69. The number of alkyl halides is 3. The van der Waals surface area contributed by atoms with Gasteiger partial charge in [-0.05, 0) is 61.4 Å². The zero-order chi connectivity index (χ0) is 24.3. The van der Waals surface area contributed by atoms with Gasteiger partial charge in [0.2, 0.25) is 5.91 Å². The van der Waals surface area contributed by atoms with Crippen molar-refractivity contribution >= 4 is 22.7 Å². The van der Waals surface area contributed by atoms with Crippen LogP contribution in [0.1, 0.15) is 53.7 Å². The van der Waals surface area contributed by atoms with E-state index in [1.165, 1.54) is 23.8 Å². The highest BCUT2D eigenvalue weighted by Crippen LogP contribution is 2.37. The first-order chi connectivity index (χ1) is 15.6. The molecule has 3 aromatic rings. The molecule has 1 aromatic heterocycles. The lowest BCUT2D eigenvalue weighted by molar-refractivity contribution is -0.274. The van der Waals surface area contributed by atoms with Gasteiger partial charge in [0.1, 0.15) is 11.5 Å². The van der Waals surface area contributed by atoms with E-state index in [0.29, 0.717) is 34.3 Å². The zero-order valence-corrected chi connectivity index (χ0v) is 18.5. The van der Waals surface area contributed by atoms with Crippen LogP contribution in [0.25, 0.3) is 10.9 Å². The van der Waals surface area contributed by atoms with Gasteiger partial charge in [0.15, 0.2) is 0 Å². The minimum atomic E-state index is -4.82. The Kier molecular flexibility index (Phi) is 7.00. The first kappa shape index (κ1) is 24.2. The zero-order valence-electron chi connectivity index (χ0n) is 18.5. The van der Waals surface area contributed by atoms with Gasteiger partial charge in [-0.1, -0.05) is 19.8 Å². The monoisotopic (exact) mass is 462 g/mol. The van der Waals surface area contributed by atoms with E-state index in [4.69, 9.17) is 10.5 Å². The topological polar surface area (TPSA) is 83.6 Å². The smallest absolute Gasteiger partial charge is 0.497 e. The van der Waals surface area contributed by atoms with E-state index in [2.05, 4.69) is 4.74 Å². The number of rotatable bonds is 8. The Hall–Kier alpha value is -3.49. The van der Waals surface area contributed by atoms with Gasteiger partial charge in [-0.3, -0.25) is 14.2 Å². The molecule has 0 aliphatic carbocycles. The summed E-state index contributed by atoms with van der Waals surface area (Å²) in [5.74, 6) is -1.41. The van der Waals surface area contributed by atoms with E-state index < -0.39 is 29.8 Å². The number of amides is 1. The summed E-state index contributed by atoms with van der Waals surface area (Å²) in [6.07, 6.45) is -2.65. The summed E-state index contributed by atoms with van der Waals surface area (Å²) in [7, 11) is 1.52. The van der Waals surface area contributed by atoms with E-state index in [1.54, 1.807) is 25.1 Å². The molecule has 0 aliphatic rings. The molecule has 2 aromatic carbocycles. The molecule has 2 N–H and O–H groups in total. The second-order valence-corrected chi connectivity index (χ2v) is 7.69. The fraction of sp³-hybridized carbons (Fsp3) is 0.333. The number of carbonyl (C=O) groups excluding carboxylic acids is 2. The van der Waals surface area contributed by atoms with Crippen LogP contribution >= 0.6 is 0 Å². The minimum absolute atomic E-state index is 0.163. The summed E-state index contributed by atoms with van der Waals surface area (Å²) in [4.78, 5) is 25.8. The predicted octanol–water partition coefficient (Wildman–Crippen LogP) is 5.30. The molecule has 1 heterocycles. The molecule has 3 rings (SSSR count). The molecular formula is C24H25F3N2O4. The number of methoxy groups -OCH3 is 1. The van der Waals surface area contributed by atoms with Gasteiger partial charge in [-0.2, -0.15) is 0 Å². The average Bonchev–Trinajstić information content (AvgIpc) is 3.04. The number of benzene rings is 2. The molecule has 33 heavy (non-hydrogen) atoms. The quantitative estimate of drug-likeness (QED) is 0.492. The van der Waals surface area contributed by atoms with Crippen LogP contribution in [0.3, 0.4) is 0 Å². The van der Waals surface area contributed by atoms with Gasteiger partial charge >= 0.3 is 6.36 Å². The molecule has 0 saturated heterocycles. The Balaban J connectivity index is 2.14. The fourth-order valence-electron chi connectivity index (χ4n) is 4.02. The number of primary amides is 1. The van der Waals surface area contributed by atoms with Gasteiger partial charge in [-0.25, -0.2) is 0 Å². The summed E-state index contributed by atoms with van der Waals surface area (Å²) in [5, 5.41) is 0.664. The third kappa shape index (κ3) is 5.13. The Bertz CT molecular complexity index is 1170. The minimum Gasteiger partial charge on any atom is -0.497 e. The van der Waals surface area contributed by atoms with Crippen LogP contribution in [0, 0.1) is 6.92 Å². The van der Waals surface area contributed by atoms with Gasteiger partial charge in [0.05, 0.1) is 18.5 Å². The maximum absolute atomic E-state index is 13.4. The summed E-state index contributed by atoms with van der Waals surface area (Å²) >= 11 is 0. The van der Waals surface area contributed by atoms with Crippen LogP contribution in [-0.2, 0) is 4.79 Å². The lowest BCUT2D eigenvalue weighted by Gasteiger charge is -2.15. The predicted molar refractivity (Wildman–Crippen MR) is 118 cm³/mol. The number of carbonyl (C=O) groups is 2. The van der Waals surface area contributed by atoms with Gasteiger partial charge in [-0.15, -0.1) is 13.2 Å². The maximum Gasteiger partial charge on any atom is 0.573 e. The molecule has 0 saturated carbocycles. The lowest BCUT2D eigenvalue weighted by Crippen LogP contribution is -2.22. The molecule has 9 heteroatoms. The van der Waals surface area contributed by atoms with Crippen molar-refractivity contribution in [3.8, 4) is 11.5 Å². The van der Waals surface area contributed by atoms with Crippen molar-refractivity contribution in [3.05, 3.63) is 59.3 Å². The van der Waals surface area contributed by atoms with Gasteiger partial charge in [0.25, 0.3) is 5.91 Å². The number of hydrogen-bond acceptors (Lipinski definition) is 4. The molecule has 1 amide bonds. The maximum atomic E-state index is 13.4. The highest BCUT2D eigenvalue weighted by molar-refractivity contribution is 6.05. The summed E-state index contributed by atoms with van der Waals surface area (Å²) in [6.45, 7) is 3.73. The molecule has 1 atom stereocenters. The summed E-state index contributed by atoms with van der Waals surface area (Å²) in [5.41, 5.74) is 7.63. The molecule has 0 radical (unpaired) electrons. The SMILES string of the molecule is CCCCC(C(N)=O)c1c(C)n(C(=O)c2ccc(OC(F)(F)F)cc2)c2ccc(OC)cc12. The van der Waals surface area contributed by atoms with Crippen molar-refractivity contribution in [1.82, 2.24) is 4.57 Å². The largest absolute Gasteiger partial charge is 0.573 e. The third-order valence-corrected chi connectivity index (χ3v) is 5.54. The number of hydrogen-bond donors (Lipinski definition) is 1. The molecule has 0 fully saturated rings. The van der Waals surface area contributed by atoms with Crippen molar-refractivity contribution in [2.24, 2.45) is 5.73 Å². The Labute approximate surface area is 189 Å². The van der Waals surface area contributed by atoms with Crippen molar-refractivity contribution in [1.29, 1.82) is 0 Å². The van der Waals surface area contributed by atoms with Gasteiger partial charge < -0.3 is 15.2 Å². The highest BCUT2D eigenvalue weighted by atomic mass is 19.4. The Morgan fingerprint density at radius 2 is 1.73 bits per heavy atom. The Morgan fingerprint density at radius 1 is 1.09 bits per heavy atom. The summed E-state index contributed by atoms with van der Waals surface area (Å²) < 4.78 is 48.0. The van der Waals surface area contributed by atoms with Crippen LogP contribution in [0.4, 0.5) is 13.2 Å². The van der Waals surface area contributed by atoms with Crippen LogP contribution < -0.4 is 15.2 Å². The normalized spacial score (nSPS) is 12.5. The lowest BCUT2D eigenvalue weighted by atomic mass is 9.90. The molecule has 0 aliphatic heterocycles.